The number of nitrogens with one attached hydrogen (secondary N) is 1. The summed E-state index contributed by atoms with van der Waals surface area (Å²) >= 11 is 0. The second kappa shape index (κ2) is 8.30. The second-order valence-electron chi connectivity index (χ2n) is 5.06. The van der Waals surface area contributed by atoms with Crippen molar-refractivity contribution < 1.29 is 9.59 Å². The fourth-order valence-corrected chi connectivity index (χ4v) is 1.91. The van der Waals surface area contributed by atoms with Crippen molar-refractivity contribution in [2.75, 3.05) is 5.32 Å². The van der Waals surface area contributed by atoms with Gasteiger partial charge in [-0.15, -0.1) is 12.4 Å². The van der Waals surface area contributed by atoms with Crippen molar-refractivity contribution in [2.24, 2.45) is 11.5 Å². The number of carbonyl (C=O) groups is 2. The lowest BCUT2D eigenvalue weighted by Crippen LogP contribution is -2.28. The molecule has 2 amide bonds. The van der Waals surface area contributed by atoms with Crippen molar-refractivity contribution in [3.8, 4) is 0 Å². The monoisotopic (exact) mass is 337 g/mol. The first-order chi connectivity index (χ1) is 10.5. The quantitative estimate of drug-likeness (QED) is 0.732. The number of anilines is 1. The maximum Gasteiger partial charge on any atom is 0.247 e. The first-order valence-corrected chi connectivity index (χ1v) is 6.90. The molecular formula is C15H20ClN5O2. The van der Waals surface area contributed by atoms with E-state index in [1.165, 1.54) is 4.68 Å². The highest BCUT2D eigenvalue weighted by molar-refractivity contribution is 5.94. The number of hydrogen-bond acceptors (Lipinski definition) is 4. The molecule has 8 heteroatoms. The minimum atomic E-state index is -0.767. The summed E-state index contributed by atoms with van der Waals surface area (Å²) in [5, 5.41) is 6.78. The van der Waals surface area contributed by atoms with E-state index in [1.807, 2.05) is 31.2 Å². The number of benzene rings is 1. The van der Waals surface area contributed by atoms with E-state index >= 15 is 0 Å². The van der Waals surface area contributed by atoms with Crippen LogP contribution in [-0.2, 0) is 16.1 Å². The van der Waals surface area contributed by atoms with Gasteiger partial charge in [-0.1, -0.05) is 29.8 Å². The molecule has 1 aromatic heterocycles. The third-order valence-corrected chi connectivity index (χ3v) is 3.20. The second-order valence-corrected chi connectivity index (χ2v) is 5.06. The molecule has 2 aromatic rings. The van der Waals surface area contributed by atoms with Gasteiger partial charge in [-0.25, -0.2) is 0 Å². The van der Waals surface area contributed by atoms with Crippen molar-refractivity contribution in [1.82, 2.24) is 9.78 Å². The summed E-state index contributed by atoms with van der Waals surface area (Å²) in [6.07, 6.45) is 1.86. The Morgan fingerprint density at radius 3 is 2.52 bits per heavy atom. The highest BCUT2D eigenvalue weighted by atomic mass is 35.5. The molecule has 1 aromatic carbocycles. The van der Waals surface area contributed by atoms with Gasteiger partial charge in [-0.3, -0.25) is 14.3 Å². The van der Waals surface area contributed by atoms with Gasteiger partial charge in [-0.2, -0.15) is 5.10 Å². The Bertz CT molecular complexity index is 669. The van der Waals surface area contributed by atoms with Gasteiger partial charge in [0.25, 0.3) is 0 Å². The van der Waals surface area contributed by atoms with Crippen molar-refractivity contribution in [3.05, 3.63) is 47.7 Å². The average molecular weight is 338 g/mol. The number of rotatable bonds is 6. The summed E-state index contributed by atoms with van der Waals surface area (Å²) in [5.41, 5.74) is 12.8. The largest absolute Gasteiger partial charge is 0.370 e. The molecule has 23 heavy (non-hydrogen) atoms. The van der Waals surface area contributed by atoms with Crippen LogP contribution in [0.3, 0.4) is 0 Å². The van der Waals surface area contributed by atoms with Crippen LogP contribution in [0, 0.1) is 6.92 Å². The maximum atomic E-state index is 12.1. The van der Waals surface area contributed by atoms with E-state index in [1.54, 1.807) is 12.3 Å². The molecule has 0 saturated heterocycles. The van der Waals surface area contributed by atoms with Gasteiger partial charge < -0.3 is 16.8 Å². The molecule has 1 unspecified atom stereocenters. The Morgan fingerprint density at radius 1 is 1.26 bits per heavy atom. The molecule has 0 aliphatic carbocycles. The van der Waals surface area contributed by atoms with Gasteiger partial charge in [0, 0.05) is 25.2 Å². The number of amides is 2. The number of primary amides is 1. The minimum Gasteiger partial charge on any atom is -0.370 e. The van der Waals surface area contributed by atoms with Crippen LogP contribution in [0.4, 0.5) is 5.82 Å². The summed E-state index contributed by atoms with van der Waals surface area (Å²) in [6, 6.07) is 8.33. The van der Waals surface area contributed by atoms with Gasteiger partial charge in [-0.05, 0) is 12.5 Å². The molecule has 0 saturated carbocycles. The lowest BCUT2D eigenvalue weighted by Gasteiger charge is -2.11. The third-order valence-electron chi connectivity index (χ3n) is 3.20. The van der Waals surface area contributed by atoms with E-state index in [-0.39, 0.29) is 24.7 Å². The van der Waals surface area contributed by atoms with Crippen LogP contribution in [0.2, 0.25) is 0 Å². The Morgan fingerprint density at radius 2 is 1.91 bits per heavy atom. The summed E-state index contributed by atoms with van der Waals surface area (Å²) < 4.78 is 1.54. The Labute approximate surface area is 140 Å². The topological polar surface area (TPSA) is 116 Å². The fourth-order valence-electron chi connectivity index (χ4n) is 1.91. The number of hydrogen-bond donors (Lipinski definition) is 3. The van der Waals surface area contributed by atoms with Gasteiger partial charge in [0.05, 0.1) is 0 Å². The summed E-state index contributed by atoms with van der Waals surface area (Å²) in [7, 11) is 0. The number of carbonyl (C=O) groups excluding carboxylic acids is 2. The van der Waals surface area contributed by atoms with E-state index in [9.17, 15) is 9.59 Å². The molecule has 1 heterocycles. The van der Waals surface area contributed by atoms with Crippen molar-refractivity contribution >= 4 is 30.0 Å². The smallest absolute Gasteiger partial charge is 0.247 e. The van der Waals surface area contributed by atoms with Crippen LogP contribution in [0.25, 0.3) is 0 Å². The maximum absolute atomic E-state index is 12.1. The van der Waals surface area contributed by atoms with Gasteiger partial charge in [0.15, 0.2) is 5.82 Å². The molecule has 5 N–H and O–H groups in total. The van der Waals surface area contributed by atoms with Gasteiger partial charge >= 0.3 is 0 Å². The fraction of sp³-hybridized carbons (Fsp3) is 0.267. The minimum absolute atomic E-state index is 0. The molecule has 0 fully saturated rings. The van der Waals surface area contributed by atoms with Crippen LogP contribution in [0.1, 0.15) is 23.6 Å². The summed E-state index contributed by atoms with van der Waals surface area (Å²) in [4.78, 5) is 22.8. The average Bonchev–Trinajstić information content (AvgIpc) is 2.92. The van der Waals surface area contributed by atoms with Crippen LogP contribution in [0.5, 0.6) is 0 Å². The molecule has 0 spiro atoms. The zero-order valence-electron chi connectivity index (χ0n) is 12.7. The van der Waals surface area contributed by atoms with Crippen LogP contribution in [0.15, 0.2) is 36.5 Å². The highest BCUT2D eigenvalue weighted by Gasteiger charge is 2.16. The van der Waals surface area contributed by atoms with Crippen LogP contribution < -0.4 is 16.8 Å². The molecule has 1 atom stereocenters. The molecule has 2 rings (SSSR count). The van der Waals surface area contributed by atoms with E-state index < -0.39 is 11.9 Å². The number of nitrogens with zero attached hydrogens (tertiary/aromatic N) is 2. The van der Waals surface area contributed by atoms with E-state index in [4.69, 9.17) is 11.5 Å². The summed E-state index contributed by atoms with van der Waals surface area (Å²) in [5.74, 6) is -0.358. The summed E-state index contributed by atoms with van der Waals surface area (Å²) in [6.45, 7) is 2.34. The zero-order chi connectivity index (χ0) is 16.1. The molecule has 0 bridgehead atoms. The Kier molecular flexibility index (Phi) is 6.74. The van der Waals surface area contributed by atoms with Crippen molar-refractivity contribution in [1.29, 1.82) is 0 Å². The van der Waals surface area contributed by atoms with Crippen molar-refractivity contribution in [3.63, 3.8) is 0 Å². The predicted octanol–water partition coefficient (Wildman–Crippen LogP) is 1.13. The SMILES string of the molecule is Cc1ccc(C(N)C(=O)Nc2ccn(CCC(N)=O)n2)cc1.Cl. The molecule has 7 nitrogen and oxygen atoms in total. The van der Waals surface area contributed by atoms with E-state index in [2.05, 4.69) is 10.4 Å². The predicted molar refractivity (Wildman–Crippen MR) is 90.0 cm³/mol. The normalized spacial score (nSPS) is 11.4. The number of aromatic nitrogens is 2. The van der Waals surface area contributed by atoms with E-state index in [0.29, 0.717) is 12.4 Å². The van der Waals surface area contributed by atoms with Crippen LogP contribution in [-0.4, -0.2) is 21.6 Å². The first-order valence-electron chi connectivity index (χ1n) is 6.90. The molecule has 0 radical (unpaired) electrons. The standard InChI is InChI=1S/C15H19N5O2.ClH/c1-10-2-4-11(5-3-10)14(17)15(22)18-13-7-9-20(19-13)8-6-12(16)21;/h2-5,7,9,14H,6,8,17H2,1H3,(H2,16,21)(H,18,19,22);1H. The highest BCUT2D eigenvalue weighted by Crippen LogP contribution is 2.14. The van der Waals surface area contributed by atoms with Crippen molar-refractivity contribution in [2.45, 2.75) is 25.9 Å². The number of nitrogens with two attached hydrogens (primary N) is 2. The van der Waals surface area contributed by atoms with Gasteiger partial charge in [0.1, 0.15) is 6.04 Å². The molecule has 0 aliphatic heterocycles. The third kappa shape index (κ3) is 5.39. The number of aryl methyl sites for hydroxylation is 2. The number of halogens is 1. The molecule has 124 valence electrons. The lowest BCUT2D eigenvalue weighted by molar-refractivity contribution is -0.118. The van der Waals surface area contributed by atoms with Crippen LogP contribution >= 0.6 is 12.4 Å². The molecular weight excluding hydrogens is 318 g/mol. The Balaban J connectivity index is 0.00000264. The first kappa shape index (κ1) is 18.7. The molecule has 0 aliphatic rings. The zero-order valence-corrected chi connectivity index (χ0v) is 13.5. The van der Waals surface area contributed by atoms with E-state index in [0.717, 1.165) is 11.1 Å². The lowest BCUT2D eigenvalue weighted by atomic mass is 10.1. The van der Waals surface area contributed by atoms with Gasteiger partial charge in [0.2, 0.25) is 11.8 Å². The Hall–Kier alpha value is -2.38.